The highest BCUT2D eigenvalue weighted by molar-refractivity contribution is 5.34. The van der Waals surface area contributed by atoms with E-state index in [0.29, 0.717) is 18.4 Å². The number of rotatable bonds is 4. The van der Waals surface area contributed by atoms with Gasteiger partial charge in [0.05, 0.1) is 6.10 Å². The Morgan fingerprint density at radius 3 is 2.94 bits per heavy atom. The molecule has 0 spiro atoms. The molecule has 1 heterocycles. The van der Waals surface area contributed by atoms with Gasteiger partial charge in [-0.15, -0.1) is 0 Å². The minimum absolute atomic E-state index is 0.0619. The molecule has 5 heteroatoms. The quantitative estimate of drug-likeness (QED) is 0.802. The Morgan fingerprint density at radius 2 is 2.38 bits per heavy atom. The zero-order chi connectivity index (χ0) is 11.7. The average molecular weight is 223 g/mol. The van der Waals surface area contributed by atoms with Gasteiger partial charge in [-0.25, -0.2) is 4.98 Å². The van der Waals surface area contributed by atoms with E-state index in [4.69, 9.17) is 0 Å². The molecule has 0 bridgehead atoms. The summed E-state index contributed by atoms with van der Waals surface area (Å²) in [7, 11) is 1.77. The van der Waals surface area contributed by atoms with Crippen molar-refractivity contribution in [3.63, 3.8) is 0 Å². The van der Waals surface area contributed by atoms with Crippen LogP contribution in [0.5, 0.6) is 0 Å². The first-order valence-corrected chi connectivity index (χ1v) is 5.56. The van der Waals surface area contributed by atoms with Crippen molar-refractivity contribution >= 4 is 5.82 Å². The fourth-order valence-electron chi connectivity index (χ4n) is 1.80. The van der Waals surface area contributed by atoms with E-state index in [1.165, 1.54) is 0 Å². The van der Waals surface area contributed by atoms with Gasteiger partial charge in [-0.05, 0) is 19.8 Å². The second-order valence-corrected chi connectivity index (χ2v) is 4.42. The molecule has 1 aliphatic rings. The van der Waals surface area contributed by atoms with E-state index in [1.54, 1.807) is 35.8 Å². The van der Waals surface area contributed by atoms with Crippen molar-refractivity contribution < 1.29 is 5.11 Å². The number of anilines is 1. The summed E-state index contributed by atoms with van der Waals surface area (Å²) >= 11 is 0. The summed E-state index contributed by atoms with van der Waals surface area (Å²) in [6.45, 7) is 2.11. The van der Waals surface area contributed by atoms with E-state index >= 15 is 0 Å². The van der Waals surface area contributed by atoms with Crippen LogP contribution in [0, 0.1) is 0 Å². The molecule has 1 atom stereocenters. The van der Waals surface area contributed by atoms with E-state index in [9.17, 15) is 9.90 Å². The van der Waals surface area contributed by atoms with Crippen LogP contribution in [0.3, 0.4) is 0 Å². The Bertz CT molecular complexity index is 423. The van der Waals surface area contributed by atoms with Gasteiger partial charge in [-0.3, -0.25) is 4.79 Å². The highest BCUT2D eigenvalue weighted by Gasteiger charge is 2.25. The number of hydrogen-bond donors (Lipinski definition) is 1. The third-order valence-electron chi connectivity index (χ3n) is 2.69. The van der Waals surface area contributed by atoms with Crippen LogP contribution in [0.25, 0.3) is 0 Å². The monoisotopic (exact) mass is 223 g/mol. The van der Waals surface area contributed by atoms with Gasteiger partial charge < -0.3 is 14.6 Å². The minimum Gasteiger partial charge on any atom is -0.392 e. The Kier molecular flexibility index (Phi) is 2.96. The van der Waals surface area contributed by atoms with Gasteiger partial charge in [0.1, 0.15) is 0 Å². The standard InChI is InChI=1S/C11H17N3O2/c1-8(15)7-13(2)10-11(16)14(6-5-12-10)9-3-4-9/h5-6,8-9,15H,3-4,7H2,1-2H3. The Morgan fingerprint density at radius 1 is 1.69 bits per heavy atom. The van der Waals surface area contributed by atoms with Crippen LogP contribution in [0.2, 0.25) is 0 Å². The molecule has 1 fully saturated rings. The van der Waals surface area contributed by atoms with Crippen molar-refractivity contribution in [3.05, 3.63) is 22.7 Å². The summed E-state index contributed by atoms with van der Waals surface area (Å²) < 4.78 is 1.74. The Labute approximate surface area is 94.3 Å². The molecule has 1 aromatic heterocycles. The van der Waals surface area contributed by atoms with Crippen LogP contribution >= 0.6 is 0 Å². The van der Waals surface area contributed by atoms with Crippen molar-refractivity contribution in [2.24, 2.45) is 0 Å². The molecule has 16 heavy (non-hydrogen) atoms. The first kappa shape index (κ1) is 11.1. The lowest BCUT2D eigenvalue weighted by Gasteiger charge is -2.19. The second-order valence-electron chi connectivity index (χ2n) is 4.42. The molecular weight excluding hydrogens is 206 g/mol. The maximum atomic E-state index is 12.1. The third-order valence-corrected chi connectivity index (χ3v) is 2.69. The molecular formula is C11H17N3O2. The SMILES string of the molecule is CC(O)CN(C)c1nccn(C2CC2)c1=O. The molecule has 1 aromatic rings. The summed E-state index contributed by atoms with van der Waals surface area (Å²) in [5, 5.41) is 9.29. The molecule has 0 saturated heterocycles. The minimum atomic E-state index is -0.471. The van der Waals surface area contributed by atoms with Gasteiger partial charge >= 0.3 is 0 Å². The smallest absolute Gasteiger partial charge is 0.293 e. The lowest BCUT2D eigenvalue weighted by molar-refractivity contribution is 0.201. The van der Waals surface area contributed by atoms with Crippen molar-refractivity contribution in [1.29, 1.82) is 0 Å². The number of hydrogen-bond acceptors (Lipinski definition) is 4. The van der Waals surface area contributed by atoms with Crippen LogP contribution in [0.4, 0.5) is 5.82 Å². The lowest BCUT2D eigenvalue weighted by Crippen LogP contribution is -2.34. The summed E-state index contributed by atoms with van der Waals surface area (Å²) in [6.07, 6.45) is 5.06. The number of aliphatic hydroxyl groups is 1. The van der Waals surface area contributed by atoms with Gasteiger partial charge in [0.2, 0.25) is 0 Å². The fraction of sp³-hybridized carbons (Fsp3) is 0.636. The maximum absolute atomic E-state index is 12.1. The summed E-state index contributed by atoms with van der Waals surface area (Å²) in [4.78, 5) is 17.8. The molecule has 0 radical (unpaired) electrons. The van der Waals surface area contributed by atoms with Crippen molar-refractivity contribution in [2.45, 2.75) is 31.9 Å². The molecule has 0 aliphatic heterocycles. The van der Waals surface area contributed by atoms with Crippen molar-refractivity contribution in [1.82, 2.24) is 9.55 Å². The van der Waals surface area contributed by atoms with Crippen LogP contribution in [-0.4, -0.2) is 34.4 Å². The molecule has 2 rings (SSSR count). The lowest BCUT2D eigenvalue weighted by atomic mass is 10.4. The molecule has 88 valence electrons. The molecule has 1 saturated carbocycles. The van der Waals surface area contributed by atoms with Gasteiger partial charge in [-0.2, -0.15) is 0 Å². The van der Waals surface area contributed by atoms with Gasteiger partial charge in [0.15, 0.2) is 5.82 Å². The summed E-state index contributed by atoms with van der Waals surface area (Å²) in [6, 6.07) is 0.356. The first-order valence-electron chi connectivity index (χ1n) is 5.56. The van der Waals surface area contributed by atoms with Gasteiger partial charge in [0.25, 0.3) is 5.56 Å². The largest absolute Gasteiger partial charge is 0.392 e. The van der Waals surface area contributed by atoms with E-state index in [-0.39, 0.29) is 5.56 Å². The van der Waals surface area contributed by atoms with Crippen molar-refractivity contribution in [2.75, 3.05) is 18.5 Å². The third kappa shape index (κ3) is 2.24. The van der Waals surface area contributed by atoms with Crippen LogP contribution < -0.4 is 10.5 Å². The topological polar surface area (TPSA) is 58.4 Å². The molecule has 0 amide bonds. The van der Waals surface area contributed by atoms with Crippen LogP contribution in [0.1, 0.15) is 25.8 Å². The van der Waals surface area contributed by atoms with E-state index < -0.39 is 6.10 Å². The average Bonchev–Trinajstić information content (AvgIpc) is 3.00. The Balaban J connectivity index is 2.26. The number of aromatic nitrogens is 2. The number of aliphatic hydroxyl groups excluding tert-OH is 1. The van der Waals surface area contributed by atoms with Gasteiger partial charge in [0, 0.05) is 32.0 Å². The molecule has 0 aromatic carbocycles. The second kappa shape index (κ2) is 4.25. The molecule has 1 unspecified atom stereocenters. The molecule has 1 aliphatic carbocycles. The van der Waals surface area contributed by atoms with E-state index in [1.807, 2.05) is 0 Å². The van der Waals surface area contributed by atoms with Gasteiger partial charge in [-0.1, -0.05) is 0 Å². The van der Waals surface area contributed by atoms with Crippen molar-refractivity contribution in [3.8, 4) is 0 Å². The number of likely N-dealkylation sites (N-methyl/N-ethyl adjacent to an activating group) is 1. The van der Waals surface area contributed by atoms with E-state index in [0.717, 1.165) is 12.8 Å². The normalized spacial score (nSPS) is 17.2. The first-order chi connectivity index (χ1) is 7.59. The zero-order valence-corrected chi connectivity index (χ0v) is 9.63. The Hall–Kier alpha value is -1.36. The predicted molar refractivity (Wildman–Crippen MR) is 61.7 cm³/mol. The predicted octanol–water partition coefficient (Wildman–Crippen LogP) is 0.395. The summed E-state index contributed by atoms with van der Waals surface area (Å²) in [5.41, 5.74) is -0.0619. The summed E-state index contributed by atoms with van der Waals surface area (Å²) in [5.74, 6) is 0.412. The molecule has 1 N–H and O–H groups in total. The highest BCUT2D eigenvalue weighted by atomic mass is 16.3. The molecule has 5 nitrogen and oxygen atoms in total. The van der Waals surface area contributed by atoms with Crippen LogP contribution in [-0.2, 0) is 0 Å². The zero-order valence-electron chi connectivity index (χ0n) is 9.63. The fourth-order valence-corrected chi connectivity index (χ4v) is 1.80. The highest BCUT2D eigenvalue weighted by Crippen LogP contribution is 2.33. The van der Waals surface area contributed by atoms with Crippen LogP contribution in [0.15, 0.2) is 17.2 Å². The number of nitrogens with zero attached hydrogens (tertiary/aromatic N) is 3. The maximum Gasteiger partial charge on any atom is 0.293 e. The van der Waals surface area contributed by atoms with E-state index in [2.05, 4.69) is 4.98 Å².